The number of ether oxygens (including phenoxy) is 1. The summed E-state index contributed by atoms with van der Waals surface area (Å²) in [7, 11) is 0. The van der Waals surface area contributed by atoms with Gasteiger partial charge in [0.15, 0.2) is 0 Å². The summed E-state index contributed by atoms with van der Waals surface area (Å²) in [4.78, 5) is 41.3. The minimum absolute atomic E-state index is 0.148. The molecule has 1 atom stereocenters. The highest BCUT2D eigenvalue weighted by Crippen LogP contribution is 2.17. The van der Waals surface area contributed by atoms with Gasteiger partial charge in [-0.1, -0.05) is 6.07 Å². The molecule has 1 aliphatic heterocycles. The van der Waals surface area contributed by atoms with E-state index in [9.17, 15) is 14.4 Å². The summed E-state index contributed by atoms with van der Waals surface area (Å²) in [5.74, 6) is -1.51. The fourth-order valence-corrected chi connectivity index (χ4v) is 2.83. The van der Waals surface area contributed by atoms with Gasteiger partial charge >= 0.3 is 5.97 Å². The van der Waals surface area contributed by atoms with Gasteiger partial charge in [-0.15, -0.1) is 0 Å². The lowest BCUT2D eigenvalue weighted by Crippen LogP contribution is -2.46. The van der Waals surface area contributed by atoms with Crippen LogP contribution in [0.4, 0.5) is 5.69 Å². The van der Waals surface area contributed by atoms with Gasteiger partial charge in [-0.25, -0.2) is 0 Å². The van der Waals surface area contributed by atoms with Crippen LogP contribution in [-0.4, -0.2) is 58.6 Å². The molecular weight excluding hydrogens is 350 g/mol. The number of hydrogen-bond acceptors (Lipinski definition) is 5. The van der Waals surface area contributed by atoms with Crippen molar-refractivity contribution >= 4 is 23.5 Å². The Balaban J connectivity index is 1.68. The number of nitrogens with one attached hydrogen (secondary N) is 1. The number of rotatable bonds is 5. The number of carboxylic acids is 1. The Labute approximate surface area is 155 Å². The Morgan fingerprint density at radius 2 is 2.04 bits per heavy atom. The van der Waals surface area contributed by atoms with Crippen molar-refractivity contribution in [2.75, 3.05) is 25.0 Å². The van der Waals surface area contributed by atoms with Crippen LogP contribution in [0.25, 0.3) is 0 Å². The molecule has 1 saturated heterocycles. The van der Waals surface area contributed by atoms with Crippen LogP contribution in [0, 0.1) is 0 Å². The van der Waals surface area contributed by atoms with E-state index in [1.54, 1.807) is 47.5 Å². The van der Waals surface area contributed by atoms with E-state index in [2.05, 4.69) is 10.3 Å². The number of carboxylic acid groups (broad SMARTS) is 1. The van der Waals surface area contributed by atoms with E-state index < -0.39 is 12.1 Å². The number of aromatic nitrogens is 1. The number of hydrogen-bond donors (Lipinski definition) is 2. The van der Waals surface area contributed by atoms with Crippen molar-refractivity contribution < 1.29 is 24.2 Å². The molecule has 0 aliphatic carbocycles. The predicted molar refractivity (Wildman–Crippen MR) is 96.5 cm³/mol. The normalized spacial score (nSPS) is 16.6. The molecule has 1 aromatic heterocycles. The summed E-state index contributed by atoms with van der Waals surface area (Å²) in [6.45, 7) is 0.903. The molecule has 0 spiro atoms. The van der Waals surface area contributed by atoms with Crippen molar-refractivity contribution in [2.24, 2.45) is 0 Å². The van der Waals surface area contributed by atoms with Gasteiger partial charge < -0.3 is 20.1 Å². The van der Waals surface area contributed by atoms with E-state index in [4.69, 9.17) is 9.84 Å². The van der Waals surface area contributed by atoms with Crippen molar-refractivity contribution in [3.63, 3.8) is 0 Å². The third-order valence-electron chi connectivity index (χ3n) is 4.12. The molecule has 1 aliphatic rings. The molecule has 3 rings (SSSR count). The Hall–Kier alpha value is -3.26. The maximum atomic E-state index is 12.7. The standard InChI is InChI=1S/C19H19N3O5/c23-17(24)10-16-12-22(7-8-27-16)19(26)13-3-1-5-15(9-13)21-18(25)14-4-2-6-20-11-14/h1-6,9,11,16H,7-8,10,12H2,(H,21,25)(H,23,24). The molecule has 1 fully saturated rings. The van der Waals surface area contributed by atoms with Gasteiger partial charge in [0.2, 0.25) is 0 Å². The Bertz CT molecular complexity index is 840. The minimum atomic E-state index is -0.964. The summed E-state index contributed by atoms with van der Waals surface area (Å²) in [6.07, 6.45) is 2.37. The zero-order valence-electron chi connectivity index (χ0n) is 14.5. The van der Waals surface area contributed by atoms with Crippen LogP contribution in [-0.2, 0) is 9.53 Å². The first-order valence-electron chi connectivity index (χ1n) is 8.47. The van der Waals surface area contributed by atoms with Crippen molar-refractivity contribution in [1.29, 1.82) is 0 Å². The molecule has 0 bridgehead atoms. The number of carbonyl (C=O) groups excluding carboxylic acids is 2. The van der Waals surface area contributed by atoms with Gasteiger partial charge in [0, 0.05) is 36.7 Å². The van der Waals surface area contributed by atoms with Gasteiger partial charge in [-0.05, 0) is 30.3 Å². The summed E-state index contributed by atoms with van der Waals surface area (Å²) < 4.78 is 5.39. The molecule has 140 valence electrons. The van der Waals surface area contributed by atoms with Crippen molar-refractivity contribution in [3.05, 3.63) is 59.9 Å². The van der Waals surface area contributed by atoms with Crippen LogP contribution in [0.5, 0.6) is 0 Å². The molecule has 2 N–H and O–H groups in total. The van der Waals surface area contributed by atoms with Crippen LogP contribution in [0.15, 0.2) is 48.8 Å². The second-order valence-corrected chi connectivity index (χ2v) is 6.12. The minimum Gasteiger partial charge on any atom is -0.481 e. The molecule has 2 amide bonds. The lowest BCUT2D eigenvalue weighted by molar-refractivity contribution is -0.141. The molecule has 0 saturated carbocycles. The second kappa shape index (κ2) is 8.41. The molecule has 1 aromatic carbocycles. The van der Waals surface area contributed by atoms with E-state index >= 15 is 0 Å². The molecule has 1 unspecified atom stereocenters. The highest BCUT2D eigenvalue weighted by atomic mass is 16.5. The Morgan fingerprint density at radius 1 is 1.22 bits per heavy atom. The fraction of sp³-hybridized carbons (Fsp3) is 0.263. The largest absolute Gasteiger partial charge is 0.481 e. The van der Waals surface area contributed by atoms with Crippen molar-refractivity contribution in [1.82, 2.24) is 9.88 Å². The zero-order chi connectivity index (χ0) is 19.2. The average Bonchev–Trinajstić information content (AvgIpc) is 2.68. The number of amides is 2. The summed E-state index contributed by atoms with van der Waals surface area (Å²) in [6, 6.07) is 9.94. The average molecular weight is 369 g/mol. The van der Waals surface area contributed by atoms with Gasteiger partial charge in [0.05, 0.1) is 24.7 Å². The monoisotopic (exact) mass is 369 g/mol. The summed E-state index contributed by atoms with van der Waals surface area (Å²) >= 11 is 0. The number of aliphatic carboxylic acids is 1. The van der Waals surface area contributed by atoms with Crippen LogP contribution >= 0.6 is 0 Å². The van der Waals surface area contributed by atoms with Gasteiger partial charge in [-0.2, -0.15) is 0 Å². The second-order valence-electron chi connectivity index (χ2n) is 6.12. The number of morpholine rings is 1. The SMILES string of the molecule is O=C(O)CC1CN(C(=O)c2cccc(NC(=O)c3cccnc3)c2)CCO1. The number of carbonyl (C=O) groups is 3. The number of benzene rings is 1. The lowest BCUT2D eigenvalue weighted by atomic mass is 10.1. The Morgan fingerprint density at radius 3 is 2.78 bits per heavy atom. The summed E-state index contributed by atoms with van der Waals surface area (Å²) in [5.41, 5.74) is 1.32. The topological polar surface area (TPSA) is 109 Å². The molecule has 8 heteroatoms. The van der Waals surface area contributed by atoms with E-state index in [0.717, 1.165) is 0 Å². The van der Waals surface area contributed by atoms with E-state index in [0.29, 0.717) is 30.0 Å². The molecule has 0 radical (unpaired) electrons. The highest BCUT2D eigenvalue weighted by molar-refractivity contribution is 6.04. The molecule has 27 heavy (non-hydrogen) atoms. The van der Waals surface area contributed by atoms with E-state index in [1.807, 2.05) is 0 Å². The zero-order valence-corrected chi connectivity index (χ0v) is 14.5. The molecule has 2 aromatic rings. The molecule has 2 heterocycles. The smallest absolute Gasteiger partial charge is 0.306 e. The van der Waals surface area contributed by atoms with Crippen molar-refractivity contribution in [2.45, 2.75) is 12.5 Å². The highest BCUT2D eigenvalue weighted by Gasteiger charge is 2.26. The first kappa shape index (κ1) is 18.5. The third-order valence-corrected chi connectivity index (χ3v) is 4.12. The van der Waals surface area contributed by atoms with Crippen molar-refractivity contribution in [3.8, 4) is 0 Å². The quantitative estimate of drug-likeness (QED) is 0.829. The summed E-state index contributed by atoms with van der Waals surface area (Å²) in [5, 5.41) is 11.6. The maximum absolute atomic E-state index is 12.7. The number of anilines is 1. The maximum Gasteiger partial charge on any atom is 0.306 e. The van der Waals surface area contributed by atoms with Gasteiger partial charge in [-0.3, -0.25) is 19.4 Å². The van der Waals surface area contributed by atoms with Crippen LogP contribution in [0.3, 0.4) is 0 Å². The lowest BCUT2D eigenvalue weighted by Gasteiger charge is -2.32. The third kappa shape index (κ3) is 4.89. The predicted octanol–water partition coefficient (Wildman–Crippen LogP) is 1.65. The number of nitrogens with zero attached hydrogens (tertiary/aromatic N) is 2. The van der Waals surface area contributed by atoms with Crippen LogP contribution in [0.1, 0.15) is 27.1 Å². The first-order valence-corrected chi connectivity index (χ1v) is 8.47. The van der Waals surface area contributed by atoms with Crippen LogP contribution < -0.4 is 5.32 Å². The molecular formula is C19H19N3O5. The van der Waals surface area contributed by atoms with Crippen LogP contribution in [0.2, 0.25) is 0 Å². The Kier molecular flexibility index (Phi) is 5.77. The fourth-order valence-electron chi connectivity index (χ4n) is 2.83. The first-order chi connectivity index (χ1) is 13.0. The van der Waals surface area contributed by atoms with E-state index in [1.165, 1.54) is 6.20 Å². The van der Waals surface area contributed by atoms with Gasteiger partial charge in [0.1, 0.15) is 0 Å². The molecule has 8 nitrogen and oxygen atoms in total. The number of pyridine rings is 1. The van der Waals surface area contributed by atoms with E-state index in [-0.39, 0.29) is 24.8 Å². The van der Waals surface area contributed by atoms with Gasteiger partial charge in [0.25, 0.3) is 11.8 Å².